The molecule has 1 heterocycles. The van der Waals surface area contributed by atoms with Crippen LogP contribution in [0.2, 0.25) is 0 Å². The number of carbonyl (C=O) groups is 2. The first-order valence-corrected chi connectivity index (χ1v) is 3.78. The van der Waals surface area contributed by atoms with Gasteiger partial charge in [0.05, 0.1) is 13.1 Å². The molecule has 1 fully saturated rings. The molecule has 0 radical (unpaired) electrons. The zero-order valence-corrected chi connectivity index (χ0v) is 7.09. The van der Waals surface area contributed by atoms with Gasteiger partial charge in [0.2, 0.25) is 11.8 Å². The summed E-state index contributed by atoms with van der Waals surface area (Å²) in [6, 6.07) is 0. The fraction of sp³-hybridized carbons (Fsp3) is 0.500. The third-order valence-electron chi connectivity index (χ3n) is 1.58. The molecule has 0 aromatic rings. The van der Waals surface area contributed by atoms with Crippen molar-refractivity contribution in [2.75, 3.05) is 19.6 Å². The first kappa shape index (κ1) is 8.77. The summed E-state index contributed by atoms with van der Waals surface area (Å²) in [7, 11) is 0. The van der Waals surface area contributed by atoms with E-state index in [1.807, 2.05) is 6.92 Å². The summed E-state index contributed by atoms with van der Waals surface area (Å²) in [5.41, 5.74) is 0.887. The third kappa shape index (κ3) is 2.08. The highest BCUT2D eigenvalue weighted by Gasteiger charge is 2.22. The second kappa shape index (κ2) is 3.38. The molecule has 2 amide bonds. The van der Waals surface area contributed by atoms with E-state index in [2.05, 4.69) is 11.9 Å². The van der Waals surface area contributed by atoms with E-state index < -0.39 is 0 Å². The van der Waals surface area contributed by atoms with Gasteiger partial charge in [-0.15, -0.1) is 0 Å². The molecular weight excluding hydrogens is 156 g/mol. The van der Waals surface area contributed by atoms with Crippen molar-refractivity contribution in [3.63, 3.8) is 0 Å². The summed E-state index contributed by atoms with van der Waals surface area (Å²) < 4.78 is 0. The van der Waals surface area contributed by atoms with Crippen LogP contribution in [-0.2, 0) is 9.59 Å². The zero-order chi connectivity index (χ0) is 9.14. The predicted molar refractivity (Wildman–Crippen MR) is 44.4 cm³/mol. The maximum Gasteiger partial charge on any atom is 0.242 e. The first-order chi connectivity index (χ1) is 5.59. The number of amides is 2. The number of nitrogens with zero attached hydrogens (tertiary/aromatic N) is 1. The number of hydrogen-bond acceptors (Lipinski definition) is 2. The largest absolute Gasteiger partial charge is 0.345 e. The van der Waals surface area contributed by atoms with E-state index in [0.29, 0.717) is 6.54 Å². The van der Waals surface area contributed by atoms with Gasteiger partial charge in [0.25, 0.3) is 0 Å². The molecule has 4 nitrogen and oxygen atoms in total. The van der Waals surface area contributed by atoms with Crippen molar-refractivity contribution in [3.8, 4) is 0 Å². The summed E-state index contributed by atoms with van der Waals surface area (Å²) in [5, 5.41) is 2.48. The third-order valence-corrected chi connectivity index (χ3v) is 1.58. The van der Waals surface area contributed by atoms with Gasteiger partial charge in [-0.1, -0.05) is 12.2 Å². The van der Waals surface area contributed by atoms with Gasteiger partial charge in [0.15, 0.2) is 0 Å². The van der Waals surface area contributed by atoms with E-state index in [4.69, 9.17) is 0 Å². The molecule has 0 aliphatic carbocycles. The minimum absolute atomic E-state index is 0.0439. The standard InChI is InChI=1S/C8H12N2O2/c1-6(2)4-10-5-7(11)9-3-8(10)12/h1,3-5H2,2H3,(H,9,11). The molecule has 1 aliphatic rings. The van der Waals surface area contributed by atoms with E-state index in [0.717, 1.165) is 5.57 Å². The molecule has 1 N–H and O–H groups in total. The van der Waals surface area contributed by atoms with Gasteiger partial charge in [-0.25, -0.2) is 0 Å². The van der Waals surface area contributed by atoms with Gasteiger partial charge in [-0.05, 0) is 6.92 Å². The minimum Gasteiger partial charge on any atom is -0.345 e. The lowest BCUT2D eigenvalue weighted by atomic mass is 10.2. The second-order valence-electron chi connectivity index (χ2n) is 2.98. The van der Waals surface area contributed by atoms with Gasteiger partial charge >= 0.3 is 0 Å². The summed E-state index contributed by atoms with van der Waals surface area (Å²) in [5.74, 6) is -0.145. The minimum atomic E-state index is -0.101. The van der Waals surface area contributed by atoms with Crippen molar-refractivity contribution in [1.29, 1.82) is 0 Å². The first-order valence-electron chi connectivity index (χ1n) is 3.78. The maximum absolute atomic E-state index is 11.1. The Balaban J connectivity index is 2.55. The van der Waals surface area contributed by atoms with Crippen molar-refractivity contribution < 1.29 is 9.59 Å². The van der Waals surface area contributed by atoms with Crippen LogP contribution < -0.4 is 5.32 Å². The Hall–Kier alpha value is -1.32. The second-order valence-corrected chi connectivity index (χ2v) is 2.98. The zero-order valence-electron chi connectivity index (χ0n) is 7.09. The van der Waals surface area contributed by atoms with E-state index in [1.165, 1.54) is 4.90 Å². The smallest absolute Gasteiger partial charge is 0.242 e. The van der Waals surface area contributed by atoms with Crippen molar-refractivity contribution in [1.82, 2.24) is 10.2 Å². The summed E-state index contributed by atoms with van der Waals surface area (Å²) in [6.45, 7) is 6.27. The quantitative estimate of drug-likeness (QED) is 0.566. The van der Waals surface area contributed by atoms with E-state index >= 15 is 0 Å². The SMILES string of the molecule is C=C(C)CN1CC(=O)NCC1=O. The highest BCUT2D eigenvalue weighted by atomic mass is 16.2. The van der Waals surface area contributed by atoms with Crippen LogP contribution in [0.1, 0.15) is 6.92 Å². The van der Waals surface area contributed by atoms with Crippen molar-refractivity contribution in [2.45, 2.75) is 6.92 Å². The molecule has 12 heavy (non-hydrogen) atoms. The van der Waals surface area contributed by atoms with E-state index in [1.54, 1.807) is 0 Å². The van der Waals surface area contributed by atoms with Gasteiger partial charge in [0.1, 0.15) is 0 Å². The van der Waals surface area contributed by atoms with Gasteiger partial charge in [0, 0.05) is 6.54 Å². The highest BCUT2D eigenvalue weighted by Crippen LogP contribution is 1.99. The molecule has 0 saturated carbocycles. The fourth-order valence-corrected chi connectivity index (χ4v) is 1.07. The Labute approximate surface area is 71.2 Å². The molecule has 1 saturated heterocycles. The maximum atomic E-state index is 11.1. The summed E-state index contributed by atoms with van der Waals surface area (Å²) >= 11 is 0. The average molecular weight is 168 g/mol. The molecule has 1 rings (SSSR count). The number of piperazine rings is 1. The molecule has 0 unspecified atom stereocenters. The van der Waals surface area contributed by atoms with Crippen molar-refractivity contribution in [2.24, 2.45) is 0 Å². The summed E-state index contributed by atoms with van der Waals surface area (Å²) in [6.07, 6.45) is 0. The predicted octanol–water partition coefficient (Wildman–Crippen LogP) is -0.479. The van der Waals surface area contributed by atoms with Gasteiger partial charge < -0.3 is 10.2 Å². The molecule has 0 aromatic carbocycles. The fourth-order valence-electron chi connectivity index (χ4n) is 1.07. The molecule has 0 atom stereocenters. The Morgan fingerprint density at radius 3 is 2.92 bits per heavy atom. The van der Waals surface area contributed by atoms with Crippen LogP contribution in [0.15, 0.2) is 12.2 Å². The summed E-state index contributed by atoms with van der Waals surface area (Å²) in [4.78, 5) is 23.5. The molecule has 4 heteroatoms. The molecule has 1 aliphatic heterocycles. The van der Waals surface area contributed by atoms with Gasteiger partial charge in [-0.3, -0.25) is 9.59 Å². The lowest BCUT2D eigenvalue weighted by molar-refractivity contribution is -0.140. The van der Waals surface area contributed by atoms with Crippen LogP contribution in [0.5, 0.6) is 0 Å². The molecule has 0 aromatic heterocycles. The number of rotatable bonds is 2. The van der Waals surface area contributed by atoms with Crippen LogP contribution in [0.4, 0.5) is 0 Å². The van der Waals surface area contributed by atoms with Crippen LogP contribution in [0.25, 0.3) is 0 Å². The number of carbonyl (C=O) groups excluding carboxylic acids is 2. The Morgan fingerprint density at radius 1 is 1.67 bits per heavy atom. The number of nitrogens with one attached hydrogen (secondary N) is 1. The van der Waals surface area contributed by atoms with E-state index in [-0.39, 0.29) is 24.9 Å². The van der Waals surface area contributed by atoms with Crippen LogP contribution >= 0.6 is 0 Å². The van der Waals surface area contributed by atoms with Crippen LogP contribution in [0.3, 0.4) is 0 Å². The van der Waals surface area contributed by atoms with E-state index in [9.17, 15) is 9.59 Å². The molecule has 0 spiro atoms. The Morgan fingerprint density at radius 2 is 2.33 bits per heavy atom. The van der Waals surface area contributed by atoms with Crippen LogP contribution in [-0.4, -0.2) is 36.3 Å². The van der Waals surface area contributed by atoms with Crippen molar-refractivity contribution >= 4 is 11.8 Å². The number of hydrogen-bond donors (Lipinski definition) is 1. The topological polar surface area (TPSA) is 49.4 Å². The van der Waals surface area contributed by atoms with Crippen LogP contribution in [0, 0.1) is 0 Å². The molecule has 0 bridgehead atoms. The normalized spacial score (nSPS) is 17.6. The highest BCUT2D eigenvalue weighted by molar-refractivity contribution is 5.92. The lowest BCUT2D eigenvalue weighted by Gasteiger charge is -2.26. The average Bonchev–Trinajstić information content (AvgIpc) is 1.96. The van der Waals surface area contributed by atoms with Gasteiger partial charge in [-0.2, -0.15) is 0 Å². The Bertz CT molecular complexity index is 233. The monoisotopic (exact) mass is 168 g/mol. The molecular formula is C8H12N2O2. The van der Waals surface area contributed by atoms with Crippen molar-refractivity contribution in [3.05, 3.63) is 12.2 Å². The Kier molecular flexibility index (Phi) is 2.47. The molecule has 66 valence electrons. The lowest BCUT2D eigenvalue weighted by Crippen LogP contribution is -2.51.